The standard InChI is InChI=1S/C17H24N4/c1-3-14-6-4-5-7-17(14)21-13-16(8-10-19-21)20-11-9-15(12-20)18-2/h4-8,10,13,15,18-19H,3,9,11-12H2,1-2H3/t15-/m1/s1. The minimum absolute atomic E-state index is 0.602. The molecule has 3 rings (SSSR count). The van der Waals surface area contributed by atoms with Crippen molar-refractivity contribution in [3.63, 3.8) is 0 Å². The molecule has 1 aromatic rings. The van der Waals surface area contributed by atoms with Crippen molar-refractivity contribution in [3.8, 4) is 0 Å². The zero-order chi connectivity index (χ0) is 14.7. The normalized spacial score (nSPS) is 21.4. The van der Waals surface area contributed by atoms with E-state index in [1.807, 2.05) is 13.2 Å². The fourth-order valence-electron chi connectivity index (χ4n) is 3.02. The molecule has 1 saturated heterocycles. The summed E-state index contributed by atoms with van der Waals surface area (Å²) in [5.41, 5.74) is 7.18. The second-order valence-corrected chi connectivity index (χ2v) is 5.59. The minimum atomic E-state index is 0.602. The van der Waals surface area contributed by atoms with Gasteiger partial charge in [-0.25, -0.2) is 0 Å². The molecular weight excluding hydrogens is 260 g/mol. The second-order valence-electron chi connectivity index (χ2n) is 5.59. The van der Waals surface area contributed by atoms with Gasteiger partial charge in [-0.15, -0.1) is 0 Å². The highest BCUT2D eigenvalue weighted by atomic mass is 15.5. The number of hydrogen-bond donors (Lipinski definition) is 2. The molecule has 112 valence electrons. The van der Waals surface area contributed by atoms with Crippen LogP contribution in [0.4, 0.5) is 5.69 Å². The van der Waals surface area contributed by atoms with Crippen molar-refractivity contribution in [2.75, 3.05) is 25.1 Å². The molecule has 4 nitrogen and oxygen atoms in total. The summed E-state index contributed by atoms with van der Waals surface area (Å²) in [5, 5.41) is 5.50. The Kier molecular flexibility index (Phi) is 4.15. The fraction of sp³-hybridized carbons (Fsp3) is 0.412. The van der Waals surface area contributed by atoms with Crippen LogP contribution in [0.2, 0.25) is 0 Å². The average molecular weight is 284 g/mol. The van der Waals surface area contributed by atoms with E-state index in [1.54, 1.807) is 0 Å². The minimum Gasteiger partial charge on any atom is -0.369 e. The number of para-hydroxylation sites is 1. The van der Waals surface area contributed by atoms with E-state index in [0.29, 0.717) is 6.04 Å². The Balaban J connectivity index is 1.81. The van der Waals surface area contributed by atoms with Gasteiger partial charge in [0.2, 0.25) is 0 Å². The van der Waals surface area contributed by atoms with Gasteiger partial charge in [0.15, 0.2) is 0 Å². The van der Waals surface area contributed by atoms with Crippen molar-refractivity contribution in [1.82, 2.24) is 15.6 Å². The van der Waals surface area contributed by atoms with Crippen LogP contribution in [0.5, 0.6) is 0 Å². The molecule has 2 heterocycles. The van der Waals surface area contributed by atoms with Gasteiger partial charge in [-0.2, -0.15) is 0 Å². The number of hydrazine groups is 1. The van der Waals surface area contributed by atoms with Crippen LogP contribution in [0, 0.1) is 0 Å². The molecular formula is C17H24N4. The van der Waals surface area contributed by atoms with Crippen molar-refractivity contribution in [2.45, 2.75) is 25.8 Å². The van der Waals surface area contributed by atoms with Gasteiger partial charge >= 0.3 is 0 Å². The van der Waals surface area contributed by atoms with Gasteiger partial charge in [-0.1, -0.05) is 25.1 Å². The van der Waals surface area contributed by atoms with Gasteiger partial charge in [-0.05, 0) is 37.6 Å². The van der Waals surface area contributed by atoms with Crippen LogP contribution >= 0.6 is 0 Å². The number of allylic oxidation sites excluding steroid dienone is 1. The van der Waals surface area contributed by atoms with E-state index in [4.69, 9.17) is 0 Å². The predicted molar refractivity (Wildman–Crippen MR) is 87.7 cm³/mol. The summed E-state index contributed by atoms with van der Waals surface area (Å²) >= 11 is 0. The summed E-state index contributed by atoms with van der Waals surface area (Å²) in [6.45, 7) is 4.39. The SMILES string of the molecule is CCc1ccccc1N1C=C(N2CC[C@@H](NC)C2)C=CN1. The van der Waals surface area contributed by atoms with Gasteiger partial charge in [-0.3, -0.25) is 5.01 Å². The monoisotopic (exact) mass is 284 g/mol. The van der Waals surface area contributed by atoms with Crippen molar-refractivity contribution in [3.05, 3.63) is 54.0 Å². The van der Waals surface area contributed by atoms with Crippen LogP contribution in [0.1, 0.15) is 18.9 Å². The summed E-state index contributed by atoms with van der Waals surface area (Å²) < 4.78 is 0. The molecule has 4 heteroatoms. The lowest BCUT2D eigenvalue weighted by Gasteiger charge is -2.30. The second kappa shape index (κ2) is 6.22. The van der Waals surface area contributed by atoms with E-state index >= 15 is 0 Å². The van der Waals surface area contributed by atoms with E-state index in [9.17, 15) is 0 Å². The summed E-state index contributed by atoms with van der Waals surface area (Å²) in [6, 6.07) is 9.15. The number of nitrogens with one attached hydrogen (secondary N) is 2. The van der Waals surface area contributed by atoms with Crippen LogP contribution in [0.3, 0.4) is 0 Å². The molecule has 0 radical (unpaired) electrons. The third kappa shape index (κ3) is 2.90. The van der Waals surface area contributed by atoms with Crippen LogP contribution in [0.15, 0.2) is 48.4 Å². The lowest BCUT2D eigenvalue weighted by atomic mass is 10.1. The third-order valence-electron chi connectivity index (χ3n) is 4.32. The number of nitrogens with zero attached hydrogens (tertiary/aromatic N) is 2. The number of hydrogen-bond acceptors (Lipinski definition) is 4. The number of likely N-dealkylation sites (tertiary alicyclic amines) is 1. The number of rotatable bonds is 4. The molecule has 0 amide bonds. The number of likely N-dealkylation sites (N-methyl/N-ethyl adjacent to an activating group) is 1. The first-order valence-corrected chi connectivity index (χ1v) is 7.75. The zero-order valence-corrected chi connectivity index (χ0v) is 12.8. The Bertz CT molecular complexity index is 549. The molecule has 0 saturated carbocycles. The summed E-state index contributed by atoms with van der Waals surface area (Å²) in [7, 11) is 2.05. The number of anilines is 1. The van der Waals surface area contributed by atoms with Gasteiger partial charge in [0.25, 0.3) is 0 Å². The van der Waals surface area contributed by atoms with E-state index in [1.165, 1.54) is 23.4 Å². The molecule has 0 spiro atoms. The number of aryl methyl sites for hydroxylation is 1. The highest BCUT2D eigenvalue weighted by Crippen LogP contribution is 2.24. The Hall–Kier alpha value is -1.94. The maximum Gasteiger partial charge on any atom is 0.0655 e. The van der Waals surface area contributed by atoms with Gasteiger partial charge in [0.1, 0.15) is 0 Å². The van der Waals surface area contributed by atoms with Gasteiger partial charge < -0.3 is 15.6 Å². The van der Waals surface area contributed by atoms with Crippen molar-refractivity contribution in [1.29, 1.82) is 0 Å². The molecule has 21 heavy (non-hydrogen) atoms. The van der Waals surface area contributed by atoms with Crippen molar-refractivity contribution < 1.29 is 0 Å². The average Bonchev–Trinajstić information content (AvgIpc) is 3.04. The predicted octanol–water partition coefficient (Wildman–Crippen LogP) is 2.22. The van der Waals surface area contributed by atoms with Gasteiger partial charge in [0, 0.05) is 25.3 Å². The zero-order valence-electron chi connectivity index (χ0n) is 12.8. The van der Waals surface area contributed by atoms with E-state index in [2.05, 4.69) is 64.1 Å². The third-order valence-corrected chi connectivity index (χ3v) is 4.32. The van der Waals surface area contributed by atoms with Crippen LogP contribution in [-0.4, -0.2) is 31.1 Å². The fourth-order valence-corrected chi connectivity index (χ4v) is 3.02. The highest BCUT2D eigenvalue weighted by molar-refractivity contribution is 5.56. The molecule has 2 N–H and O–H groups in total. The van der Waals surface area contributed by atoms with Crippen molar-refractivity contribution in [2.24, 2.45) is 0 Å². The summed E-state index contributed by atoms with van der Waals surface area (Å²) in [4.78, 5) is 2.44. The summed E-state index contributed by atoms with van der Waals surface area (Å²) in [5.74, 6) is 0. The smallest absolute Gasteiger partial charge is 0.0655 e. The Labute approximate surface area is 127 Å². The lowest BCUT2D eigenvalue weighted by molar-refractivity contribution is 0.419. The number of benzene rings is 1. The van der Waals surface area contributed by atoms with Gasteiger partial charge in [0.05, 0.1) is 17.6 Å². The van der Waals surface area contributed by atoms with Crippen LogP contribution in [0.25, 0.3) is 0 Å². The Morgan fingerprint density at radius 2 is 2.19 bits per heavy atom. The van der Waals surface area contributed by atoms with E-state index < -0.39 is 0 Å². The highest BCUT2D eigenvalue weighted by Gasteiger charge is 2.23. The van der Waals surface area contributed by atoms with Crippen molar-refractivity contribution >= 4 is 5.69 Å². The topological polar surface area (TPSA) is 30.5 Å². The van der Waals surface area contributed by atoms with Crippen LogP contribution < -0.4 is 15.8 Å². The maximum absolute atomic E-state index is 3.37. The quantitative estimate of drug-likeness (QED) is 0.887. The molecule has 0 aliphatic carbocycles. The summed E-state index contributed by atoms with van der Waals surface area (Å²) in [6.07, 6.45) is 8.62. The molecule has 1 fully saturated rings. The van der Waals surface area contributed by atoms with E-state index in [-0.39, 0.29) is 0 Å². The molecule has 1 atom stereocenters. The molecule has 2 aliphatic heterocycles. The van der Waals surface area contributed by atoms with E-state index in [0.717, 1.165) is 19.5 Å². The first-order chi connectivity index (χ1) is 10.3. The first-order valence-electron chi connectivity index (χ1n) is 7.75. The lowest BCUT2D eigenvalue weighted by Crippen LogP contribution is -2.36. The maximum atomic E-state index is 3.37. The molecule has 0 unspecified atom stereocenters. The largest absolute Gasteiger partial charge is 0.369 e. The molecule has 0 bridgehead atoms. The molecule has 1 aromatic carbocycles. The first kappa shape index (κ1) is 14.0. The molecule has 2 aliphatic rings. The van der Waals surface area contributed by atoms with Crippen LogP contribution in [-0.2, 0) is 6.42 Å². The molecule has 0 aromatic heterocycles. The Morgan fingerprint density at radius 1 is 1.33 bits per heavy atom. The Morgan fingerprint density at radius 3 is 2.95 bits per heavy atom.